The predicted octanol–water partition coefficient (Wildman–Crippen LogP) is 7.47. The third-order valence-electron chi connectivity index (χ3n) is 12.0. The molecule has 4 heterocycles. The molecule has 342 valence electrons. The molecule has 5 aromatic rings. The van der Waals surface area contributed by atoms with Crippen LogP contribution in [0.15, 0.2) is 112 Å². The summed E-state index contributed by atoms with van der Waals surface area (Å²) >= 11 is 7.61. The minimum absolute atomic E-state index is 0.104. The molecule has 0 aliphatic carbocycles. The number of thioether (sulfide) groups is 1. The van der Waals surface area contributed by atoms with Gasteiger partial charge in [0.2, 0.25) is 5.95 Å². The Morgan fingerprint density at radius 2 is 1.55 bits per heavy atom. The van der Waals surface area contributed by atoms with E-state index in [1.807, 2.05) is 60.7 Å². The lowest BCUT2D eigenvalue weighted by atomic mass is 9.97. The number of aromatic nitrogens is 3. The number of hydrogen-bond acceptors (Lipinski definition) is 12. The highest BCUT2D eigenvalue weighted by Crippen LogP contribution is 2.37. The molecule has 1 atom stereocenters. The number of nitrogens with zero attached hydrogens (tertiary/aromatic N) is 6. The van der Waals surface area contributed by atoms with Crippen molar-refractivity contribution in [2.45, 2.75) is 71.2 Å². The Bertz CT molecular complexity index is 2590. The Balaban J connectivity index is 0.936. The second kappa shape index (κ2) is 20.1. The van der Waals surface area contributed by atoms with Gasteiger partial charge in [-0.3, -0.25) is 19.3 Å². The molecule has 2 N–H and O–H groups in total. The topological polar surface area (TPSA) is 142 Å². The van der Waals surface area contributed by atoms with Crippen molar-refractivity contribution in [3.05, 3.63) is 113 Å². The second-order valence-corrected chi connectivity index (χ2v) is 21.3. The van der Waals surface area contributed by atoms with Crippen molar-refractivity contribution in [2.24, 2.45) is 0 Å². The summed E-state index contributed by atoms with van der Waals surface area (Å²) < 4.78 is 106. The number of ether oxygens (including phenoxy) is 1. The number of likely N-dealkylation sites (tertiary alicyclic amines) is 1. The molecule has 13 nitrogen and oxygen atoms in total. The zero-order valence-corrected chi connectivity index (χ0v) is 38.2. The first-order chi connectivity index (χ1) is 30.7. The van der Waals surface area contributed by atoms with E-state index in [4.69, 9.17) is 16.3 Å². The molecule has 64 heavy (non-hydrogen) atoms. The fourth-order valence-electron chi connectivity index (χ4n) is 8.43. The van der Waals surface area contributed by atoms with Gasteiger partial charge in [-0.25, -0.2) is 21.6 Å². The molecule has 2 saturated heterocycles. The number of sulfone groups is 1. The molecule has 0 amide bonds. The zero-order valence-electron chi connectivity index (χ0n) is 35.0. The predicted molar refractivity (Wildman–Crippen MR) is 243 cm³/mol. The highest BCUT2D eigenvalue weighted by Gasteiger charge is 2.48. The van der Waals surface area contributed by atoms with Crippen LogP contribution in [0.3, 0.4) is 0 Å². The van der Waals surface area contributed by atoms with Crippen LogP contribution in [0.4, 0.5) is 24.8 Å². The quantitative estimate of drug-likeness (QED) is 0.0949. The Kier molecular flexibility index (Phi) is 14.6. The van der Waals surface area contributed by atoms with E-state index >= 15 is 0 Å². The first-order valence-electron chi connectivity index (χ1n) is 21.2. The fraction of sp³-hybridized carbons (Fsp3) is 0.409. The highest BCUT2D eigenvalue weighted by atomic mass is 35.5. The number of hydrogen-bond donors (Lipinski definition) is 2. The molecular formula is C44H50ClF3N8O5S3. The maximum absolute atomic E-state index is 14.2. The Morgan fingerprint density at radius 3 is 2.28 bits per heavy atom. The third-order valence-corrected chi connectivity index (χ3v) is 16.2. The lowest BCUT2D eigenvalue weighted by Crippen LogP contribution is -2.47. The summed E-state index contributed by atoms with van der Waals surface area (Å²) in [4.78, 5) is 6.05. The molecule has 3 aliphatic heterocycles. The van der Waals surface area contributed by atoms with Gasteiger partial charge in [0.25, 0.3) is 19.9 Å². The molecule has 4 aromatic carbocycles. The lowest BCUT2D eigenvalue weighted by molar-refractivity contribution is -0.0435. The summed E-state index contributed by atoms with van der Waals surface area (Å²) in [7, 11) is -10.6. The molecule has 3 aliphatic rings. The van der Waals surface area contributed by atoms with Crippen molar-refractivity contribution in [2.75, 3.05) is 68.3 Å². The fourth-order valence-corrected chi connectivity index (χ4v) is 11.6. The molecule has 8 rings (SSSR count). The summed E-state index contributed by atoms with van der Waals surface area (Å²) in [5.41, 5.74) is -2.50. The number of anilines is 2. The minimum Gasteiger partial charge on any atom is -0.380 e. The van der Waals surface area contributed by atoms with Gasteiger partial charge in [0.1, 0.15) is 10.7 Å². The van der Waals surface area contributed by atoms with Crippen LogP contribution < -0.4 is 10.0 Å². The van der Waals surface area contributed by atoms with Crippen molar-refractivity contribution in [3.63, 3.8) is 0 Å². The van der Waals surface area contributed by atoms with Crippen LogP contribution in [-0.2, 0) is 44.2 Å². The first-order valence-corrected chi connectivity index (χ1v) is 25.5. The van der Waals surface area contributed by atoms with E-state index in [1.165, 1.54) is 22.9 Å². The molecule has 2 fully saturated rings. The van der Waals surface area contributed by atoms with E-state index in [0.717, 1.165) is 55.1 Å². The van der Waals surface area contributed by atoms with Gasteiger partial charge in [-0.1, -0.05) is 66.2 Å². The van der Waals surface area contributed by atoms with Crippen LogP contribution >= 0.6 is 23.4 Å². The van der Waals surface area contributed by atoms with E-state index in [2.05, 4.69) is 53.1 Å². The maximum Gasteiger partial charge on any atom is 0.501 e. The molecule has 1 aromatic heterocycles. The molecule has 0 spiro atoms. The number of morpholine rings is 1. The summed E-state index contributed by atoms with van der Waals surface area (Å²) in [5, 5.41) is 12.1. The smallest absolute Gasteiger partial charge is 0.380 e. The van der Waals surface area contributed by atoms with E-state index in [0.29, 0.717) is 81.6 Å². The number of fused-ring (bicyclic) bond motifs is 1. The van der Waals surface area contributed by atoms with Crippen molar-refractivity contribution in [3.8, 4) is 11.1 Å². The van der Waals surface area contributed by atoms with Gasteiger partial charge in [0.05, 0.1) is 30.3 Å². The number of halogens is 4. The normalized spacial score (nSPS) is 17.8. The van der Waals surface area contributed by atoms with Gasteiger partial charge in [0.15, 0.2) is 0 Å². The van der Waals surface area contributed by atoms with E-state index in [-0.39, 0.29) is 17.7 Å². The number of piperidine rings is 1. The average Bonchev–Trinajstić information content (AvgIpc) is 3.69. The Labute approximate surface area is 381 Å². The molecular weight excluding hydrogens is 909 g/mol. The minimum atomic E-state index is -6.00. The SMILES string of the molecule is O=S(=O)(Nc1nnc2n1CCN(C1CCN(Cc3ccccc3-c3ccc(Cl)cc3)CC1)C2)c1ccc(N[C@H](CCN2CCOCC2)CSc2ccccc2)c(S(=O)(=O)C(F)(F)F)c1. The Hall–Kier alpha value is -4.21. The number of rotatable bonds is 16. The van der Waals surface area contributed by atoms with Crippen LogP contribution in [0, 0.1) is 0 Å². The number of benzene rings is 4. The van der Waals surface area contributed by atoms with Gasteiger partial charge in [0, 0.05) is 67.0 Å². The van der Waals surface area contributed by atoms with Crippen LogP contribution in [0.5, 0.6) is 0 Å². The van der Waals surface area contributed by atoms with Gasteiger partial charge >= 0.3 is 5.51 Å². The molecule has 0 unspecified atom stereocenters. The van der Waals surface area contributed by atoms with Crippen LogP contribution in [0.2, 0.25) is 5.02 Å². The van der Waals surface area contributed by atoms with E-state index in [9.17, 15) is 30.0 Å². The average molecular weight is 960 g/mol. The van der Waals surface area contributed by atoms with Crippen molar-refractivity contribution >= 4 is 54.9 Å². The van der Waals surface area contributed by atoms with Crippen molar-refractivity contribution < 1.29 is 34.7 Å². The largest absolute Gasteiger partial charge is 0.501 e. The number of alkyl halides is 3. The highest BCUT2D eigenvalue weighted by molar-refractivity contribution is 7.99. The number of sulfonamides is 1. The first kappa shape index (κ1) is 46.3. The number of nitrogens with one attached hydrogen (secondary N) is 2. The molecule has 0 saturated carbocycles. The molecule has 20 heteroatoms. The lowest BCUT2D eigenvalue weighted by Gasteiger charge is -2.40. The molecule has 0 radical (unpaired) electrons. The summed E-state index contributed by atoms with van der Waals surface area (Å²) in [6.45, 7) is 7.14. The van der Waals surface area contributed by atoms with Gasteiger partial charge in [-0.05, 0) is 91.5 Å². The van der Waals surface area contributed by atoms with Crippen LogP contribution in [0.25, 0.3) is 11.1 Å². The Morgan fingerprint density at radius 1 is 0.828 bits per heavy atom. The summed E-state index contributed by atoms with van der Waals surface area (Å²) in [6.07, 6.45) is 2.35. The summed E-state index contributed by atoms with van der Waals surface area (Å²) in [6, 6.07) is 28.3. The van der Waals surface area contributed by atoms with Gasteiger partial charge in [-0.15, -0.1) is 22.0 Å². The summed E-state index contributed by atoms with van der Waals surface area (Å²) in [5.74, 6) is 0.837. The molecule has 0 bridgehead atoms. The van der Waals surface area contributed by atoms with Gasteiger partial charge < -0.3 is 10.1 Å². The third kappa shape index (κ3) is 11.1. The maximum atomic E-state index is 14.2. The van der Waals surface area contributed by atoms with E-state index < -0.39 is 41.2 Å². The van der Waals surface area contributed by atoms with Gasteiger partial charge in [-0.2, -0.15) is 13.2 Å². The monoisotopic (exact) mass is 958 g/mol. The zero-order chi connectivity index (χ0) is 44.9. The van der Waals surface area contributed by atoms with E-state index in [1.54, 1.807) is 4.57 Å². The second-order valence-electron chi connectivity index (χ2n) is 16.2. The standard InChI is InChI=1S/C44H50ClF3N8O5S3/c45-34-12-10-32(11-13-34)39-9-5-4-6-33(39)29-54-20-17-36(18-21-54)55-22-23-56-42(30-55)50-51-43(56)52-64(59,60)38-14-15-40(41(28-38)63(57,58)44(46,47)48)49-35(16-19-53-24-26-61-27-25-53)31-62-37-7-2-1-3-8-37/h1-15,28,35-36,49H,16-27,29-31H2,(H,51,52)/t35-/m1/s1. The van der Waals surface area contributed by atoms with Crippen molar-refractivity contribution in [1.29, 1.82) is 0 Å². The van der Waals surface area contributed by atoms with Crippen molar-refractivity contribution in [1.82, 2.24) is 29.5 Å². The van der Waals surface area contributed by atoms with Crippen LogP contribution in [-0.4, -0.2) is 122 Å². The van der Waals surface area contributed by atoms with Crippen LogP contribution in [0.1, 0.15) is 30.7 Å².